The number of aromatic nitrogens is 3. The number of hydrogen-bond donors (Lipinski definition) is 2. The van der Waals surface area contributed by atoms with E-state index in [4.69, 9.17) is 5.73 Å². The molecule has 2 aromatic heterocycles. The zero-order valence-electron chi connectivity index (χ0n) is 25.1. The van der Waals surface area contributed by atoms with Crippen LogP contribution in [-0.2, 0) is 12.6 Å². The Balaban J connectivity index is 0.00000287. The molecule has 0 radical (unpaired) electrons. The first kappa shape index (κ1) is 34.5. The van der Waals surface area contributed by atoms with Crippen LogP contribution in [0.1, 0.15) is 64.3 Å². The van der Waals surface area contributed by atoms with Crippen molar-refractivity contribution >= 4 is 34.2 Å². The van der Waals surface area contributed by atoms with Crippen molar-refractivity contribution in [2.24, 2.45) is 5.92 Å². The lowest BCUT2D eigenvalue weighted by atomic mass is 9.95. The Morgan fingerprint density at radius 1 is 1.07 bits per heavy atom. The summed E-state index contributed by atoms with van der Waals surface area (Å²) in [7, 11) is 1.82. The number of likely N-dealkylation sites (N-methyl/N-ethyl adjacent to an activating group) is 1. The number of nitrogen functional groups attached to an aromatic ring is 1. The van der Waals surface area contributed by atoms with Crippen LogP contribution in [-0.4, -0.2) is 47.9 Å². The van der Waals surface area contributed by atoms with Crippen LogP contribution in [0.4, 0.5) is 33.5 Å². The largest absolute Gasteiger partial charge is 0.417 e. The molecule has 0 spiro atoms. The average Bonchev–Trinajstić information content (AvgIpc) is 2.92. The molecule has 0 bridgehead atoms. The van der Waals surface area contributed by atoms with Gasteiger partial charge in [0, 0.05) is 25.7 Å². The summed E-state index contributed by atoms with van der Waals surface area (Å²) in [6.07, 6.45) is -1.27. The third kappa shape index (κ3) is 7.97. The number of hydrogen-bond acceptors (Lipinski definition) is 7. The van der Waals surface area contributed by atoms with Gasteiger partial charge in [-0.05, 0) is 50.1 Å². The number of anilines is 2. The number of nitrogens with one attached hydrogen (secondary N) is 1. The minimum Gasteiger partial charge on any atom is -0.396 e. The molecule has 0 atom stereocenters. The first-order valence-corrected chi connectivity index (χ1v) is 15.1. The topological polar surface area (TPSA) is 80.0 Å². The molecule has 0 fully saturated rings. The highest BCUT2D eigenvalue weighted by Gasteiger charge is 2.39. The average molecular weight is 601 g/mol. The summed E-state index contributed by atoms with van der Waals surface area (Å²) in [5.74, 6) is -1.22. The van der Waals surface area contributed by atoms with E-state index in [9.17, 15) is 17.6 Å². The monoisotopic (exact) mass is 600 g/mol. The maximum Gasteiger partial charge on any atom is 0.417 e. The maximum atomic E-state index is 16.2. The Labute approximate surface area is 243 Å². The minimum atomic E-state index is -4.97. The molecular weight excluding hydrogens is 559 g/mol. The van der Waals surface area contributed by atoms with Gasteiger partial charge in [-0.25, -0.2) is 23.7 Å². The van der Waals surface area contributed by atoms with Gasteiger partial charge in [0.1, 0.15) is 22.8 Å². The first-order chi connectivity index (χ1) is 19.3. The van der Waals surface area contributed by atoms with Crippen LogP contribution >= 0.6 is 11.8 Å². The van der Waals surface area contributed by atoms with Crippen molar-refractivity contribution in [3.63, 3.8) is 0 Å². The third-order valence-corrected chi connectivity index (χ3v) is 6.99. The van der Waals surface area contributed by atoms with E-state index >= 15 is 4.39 Å². The Bertz CT molecular complexity index is 1330. The molecule has 12 heteroatoms. The van der Waals surface area contributed by atoms with Gasteiger partial charge in [-0.1, -0.05) is 52.8 Å². The number of nitrogens with two attached hydrogens (primary N) is 1. The highest BCUT2D eigenvalue weighted by Crippen LogP contribution is 2.43. The predicted molar refractivity (Wildman–Crippen MR) is 160 cm³/mol. The number of nitrogens with zero attached hydrogens (tertiary/aromatic N) is 4. The lowest BCUT2D eigenvalue weighted by Crippen LogP contribution is -2.31. The number of pyridine rings is 1. The van der Waals surface area contributed by atoms with Crippen molar-refractivity contribution in [3.8, 4) is 11.3 Å². The molecule has 0 saturated heterocycles. The van der Waals surface area contributed by atoms with Crippen molar-refractivity contribution in [3.05, 3.63) is 34.5 Å². The quantitative estimate of drug-likeness (QED) is 0.0769. The molecule has 1 aromatic carbocycles. The number of alkyl halides is 3. The lowest BCUT2D eigenvalue weighted by Gasteiger charge is -2.23. The van der Waals surface area contributed by atoms with Gasteiger partial charge in [-0.15, -0.1) is 0 Å². The van der Waals surface area contributed by atoms with E-state index in [1.807, 2.05) is 32.7 Å². The predicted octanol–water partition coefficient (Wildman–Crippen LogP) is 7.65. The smallest absolute Gasteiger partial charge is 0.396 e. The zero-order chi connectivity index (χ0) is 31.1. The van der Waals surface area contributed by atoms with Crippen molar-refractivity contribution in [1.82, 2.24) is 20.3 Å². The molecule has 3 N–H and O–H groups in total. The number of fused-ring (bicyclic) bond motifs is 1. The van der Waals surface area contributed by atoms with Gasteiger partial charge >= 0.3 is 6.18 Å². The first-order valence-electron chi connectivity index (χ1n) is 13.8. The van der Waals surface area contributed by atoms with E-state index in [-0.39, 0.29) is 10.7 Å². The molecule has 0 amide bonds. The standard InChI is InChI=1S/C27H35F5N6S.C2H6/c1-7-8-18-19-24(36-26(39-6)37-25(19)38(5)12-11-34-10-9-14(2)3)22(29)23(35-18)16-13-17(33)21(28)15(4)20(16)27(30,31)32;1-2/h13-14,34H,7-12,33H2,1-6H3;1-2H3. The highest BCUT2D eigenvalue weighted by molar-refractivity contribution is 7.98. The van der Waals surface area contributed by atoms with Crippen molar-refractivity contribution < 1.29 is 22.0 Å². The van der Waals surface area contributed by atoms with Crippen LogP contribution in [0.25, 0.3) is 22.2 Å². The van der Waals surface area contributed by atoms with Gasteiger partial charge in [0.05, 0.1) is 22.3 Å². The Morgan fingerprint density at radius 3 is 2.29 bits per heavy atom. The fraction of sp³-hybridized carbons (Fsp3) is 0.552. The number of thioether (sulfide) groups is 1. The molecule has 3 rings (SSSR count). The van der Waals surface area contributed by atoms with Crippen molar-refractivity contribution in [2.45, 2.75) is 72.1 Å². The van der Waals surface area contributed by atoms with Crippen LogP contribution in [0.2, 0.25) is 0 Å². The summed E-state index contributed by atoms with van der Waals surface area (Å²) in [4.78, 5) is 15.2. The van der Waals surface area contributed by atoms with Crippen molar-refractivity contribution in [1.29, 1.82) is 0 Å². The normalized spacial score (nSPS) is 11.7. The molecule has 6 nitrogen and oxygen atoms in total. The molecule has 0 aliphatic heterocycles. The summed E-state index contributed by atoms with van der Waals surface area (Å²) in [6, 6.07) is 0.796. The molecular formula is C29H41F5N6S. The van der Waals surface area contributed by atoms with Crippen LogP contribution in [0.3, 0.4) is 0 Å². The van der Waals surface area contributed by atoms with E-state index in [2.05, 4.69) is 34.1 Å². The van der Waals surface area contributed by atoms with E-state index in [0.717, 1.165) is 26.0 Å². The number of benzene rings is 1. The molecule has 228 valence electrons. The van der Waals surface area contributed by atoms with Crippen LogP contribution < -0.4 is 16.0 Å². The third-order valence-electron chi connectivity index (χ3n) is 6.44. The summed E-state index contributed by atoms with van der Waals surface area (Å²) >= 11 is 1.19. The van der Waals surface area contributed by atoms with Crippen LogP contribution in [0, 0.1) is 24.5 Å². The van der Waals surface area contributed by atoms with E-state index in [1.165, 1.54) is 11.8 Å². The maximum absolute atomic E-state index is 16.2. The summed E-state index contributed by atoms with van der Waals surface area (Å²) in [6.45, 7) is 13.2. The van der Waals surface area contributed by atoms with Gasteiger partial charge in [0.25, 0.3) is 0 Å². The van der Waals surface area contributed by atoms with Gasteiger partial charge in [-0.3, -0.25) is 0 Å². The SMILES string of the molecule is CC.CCCc1nc(-c2cc(N)c(F)c(C)c2C(F)(F)F)c(F)c2nc(SC)nc(N(C)CCNCCC(C)C)c12. The summed E-state index contributed by atoms with van der Waals surface area (Å²) in [5.41, 5.74) is 2.18. The number of aryl methyl sites for hydroxylation is 1. The number of halogens is 5. The van der Waals surface area contributed by atoms with Gasteiger partial charge < -0.3 is 16.0 Å². The molecule has 41 heavy (non-hydrogen) atoms. The molecule has 2 heterocycles. The Morgan fingerprint density at radius 2 is 1.73 bits per heavy atom. The molecule has 3 aromatic rings. The Kier molecular flexibility index (Phi) is 12.6. The highest BCUT2D eigenvalue weighted by atomic mass is 32.2. The van der Waals surface area contributed by atoms with E-state index in [0.29, 0.717) is 48.7 Å². The molecule has 0 aliphatic carbocycles. The molecule has 0 saturated carbocycles. The molecule has 0 aliphatic rings. The van der Waals surface area contributed by atoms with Gasteiger partial charge in [0.2, 0.25) is 0 Å². The molecule has 0 unspecified atom stereocenters. The van der Waals surface area contributed by atoms with Gasteiger partial charge in [0.15, 0.2) is 11.0 Å². The van der Waals surface area contributed by atoms with Crippen LogP contribution in [0.15, 0.2) is 11.2 Å². The van der Waals surface area contributed by atoms with Crippen molar-refractivity contribution in [2.75, 3.05) is 43.6 Å². The zero-order valence-corrected chi connectivity index (χ0v) is 25.9. The lowest BCUT2D eigenvalue weighted by molar-refractivity contribution is -0.137. The second kappa shape index (κ2) is 14.9. The second-order valence-corrected chi connectivity index (χ2v) is 10.7. The summed E-state index contributed by atoms with van der Waals surface area (Å²) < 4.78 is 73.0. The van der Waals surface area contributed by atoms with E-state index in [1.54, 1.807) is 6.26 Å². The minimum absolute atomic E-state index is 0.133. The number of rotatable bonds is 11. The van der Waals surface area contributed by atoms with Crippen LogP contribution in [0.5, 0.6) is 0 Å². The second-order valence-electron chi connectivity index (χ2n) is 9.91. The Hall–Kier alpha value is -2.73. The van der Waals surface area contributed by atoms with Gasteiger partial charge in [-0.2, -0.15) is 13.2 Å². The fourth-order valence-electron chi connectivity index (χ4n) is 4.41. The summed E-state index contributed by atoms with van der Waals surface area (Å²) in [5, 5.41) is 4.00. The fourth-order valence-corrected chi connectivity index (χ4v) is 4.77. The van der Waals surface area contributed by atoms with E-state index < -0.39 is 45.9 Å².